The summed E-state index contributed by atoms with van der Waals surface area (Å²) in [6.07, 6.45) is 2.15. The number of likely N-dealkylation sites (tertiary alicyclic amines) is 1. The molecule has 0 bridgehead atoms. The zero-order valence-electron chi connectivity index (χ0n) is 19.1. The average Bonchev–Trinajstić information content (AvgIpc) is 3.60. The van der Waals surface area contributed by atoms with Gasteiger partial charge in [-0.05, 0) is 60.0 Å². The fraction of sp³-hybridized carbons (Fsp3) is 0.292. The first-order chi connectivity index (χ1) is 16.5. The highest BCUT2D eigenvalue weighted by molar-refractivity contribution is 7.98. The molecule has 5 rings (SSSR count). The number of rotatable bonds is 6. The molecule has 1 aliphatic rings. The number of amides is 1. The molecule has 10 heteroatoms. The number of carbonyl (C=O) groups is 1. The standard InChI is InChI=1S/C24H25N7O2S/c1-17-21(23(33)31(28(17)2)20-8-4-3-5-9-20)30-24(25-26-27-30)34-16-18-10-12-19(13-11-18)22(32)29-14-6-7-15-29/h3-5,8-13H,6-7,14-16H2,1-2H3. The van der Waals surface area contributed by atoms with E-state index in [2.05, 4.69) is 15.5 Å². The van der Waals surface area contributed by atoms with Crippen molar-refractivity contribution < 1.29 is 4.79 Å². The van der Waals surface area contributed by atoms with E-state index in [-0.39, 0.29) is 11.5 Å². The van der Waals surface area contributed by atoms with Crippen LogP contribution in [0, 0.1) is 6.92 Å². The van der Waals surface area contributed by atoms with Gasteiger partial charge in [-0.25, -0.2) is 4.68 Å². The van der Waals surface area contributed by atoms with E-state index in [0.717, 1.165) is 42.9 Å². The maximum absolute atomic E-state index is 13.3. The Balaban J connectivity index is 1.36. The number of aromatic nitrogens is 6. The van der Waals surface area contributed by atoms with Crippen molar-refractivity contribution >= 4 is 17.7 Å². The third-order valence-electron chi connectivity index (χ3n) is 6.14. The Morgan fingerprint density at radius 2 is 1.74 bits per heavy atom. The van der Waals surface area contributed by atoms with Gasteiger partial charge in [-0.15, -0.1) is 5.10 Å². The van der Waals surface area contributed by atoms with Crippen LogP contribution in [-0.4, -0.2) is 53.5 Å². The lowest BCUT2D eigenvalue weighted by Crippen LogP contribution is -2.27. The summed E-state index contributed by atoms with van der Waals surface area (Å²) in [4.78, 5) is 27.8. The molecule has 3 heterocycles. The summed E-state index contributed by atoms with van der Waals surface area (Å²) in [5.41, 5.74) is 3.52. The number of tetrazole rings is 1. The molecular weight excluding hydrogens is 450 g/mol. The lowest BCUT2D eigenvalue weighted by atomic mass is 10.1. The van der Waals surface area contributed by atoms with Crippen LogP contribution in [0.3, 0.4) is 0 Å². The van der Waals surface area contributed by atoms with Crippen molar-refractivity contribution in [2.45, 2.75) is 30.7 Å². The lowest BCUT2D eigenvalue weighted by Gasteiger charge is -2.15. The zero-order valence-corrected chi connectivity index (χ0v) is 19.9. The van der Waals surface area contributed by atoms with Crippen molar-refractivity contribution in [3.05, 3.63) is 81.8 Å². The van der Waals surface area contributed by atoms with Crippen molar-refractivity contribution in [2.24, 2.45) is 7.05 Å². The maximum Gasteiger partial charge on any atom is 0.297 e. The molecule has 1 fully saturated rings. The van der Waals surface area contributed by atoms with Crippen LogP contribution in [0.25, 0.3) is 11.4 Å². The molecule has 34 heavy (non-hydrogen) atoms. The first kappa shape index (κ1) is 22.1. The first-order valence-electron chi connectivity index (χ1n) is 11.2. The first-order valence-corrected chi connectivity index (χ1v) is 12.2. The zero-order chi connectivity index (χ0) is 23.7. The predicted molar refractivity (Wildman–Crippen MR) is 130 cm³/mol. The molecule has 2 aromatic heterocycles. The molecule has 0 N–H and O–H groups in total. The highest BCUT2D eigenvalue weighted by Crippen LogP contribution is 2.24. The molecule has 0 atom stereocenters. The number of hydrogen-bond donors (Lipinski definition) is 0. The molecule has 0 spiro atoms. The van der Waals surface area contributed by atoms with Gasteiger partial charge in [0, 0.05) is 31.5 Å². The topological polar surface area (TPSA) is 90.8 Å². The van der Waals surface area contributed by atoms with Gasteiger partial charge in [0.25, 0.3) is 11.5 Å². The summed E-state index contributed by atoms with van der Waals surface area (Å²) in [5.74, 6) is 0.701. The fourth-order valence-corrected chi connectivity index (χ4v) is 5.03. The number of thioether (sulfide) groups is 1. The van der Waals surface area contributed by atoms with E-state index in [9.17, 15) is 9.59 Å². The summed E-state index contributed by atoms with van der Waals surface area (Å²) in [6, 6.07) is 17.1. The Morgan fingerprint density at radius 1 is 1.03 bits per heavy atom. The van der Waals surface area contributed by atoms with Crippen molar-refractivity contribution in [1.82, 2.24) is 34.5 Å². The Kier molecular flexibility index (Phi) is 6.06. The Hall–Kier alpha value is -3.66. The van der Waals surface area contributed by atoms with Crippen LogP contribution in [0.15, 0.2) is 64.5 Å². The lowest BCUT2D eigenvalue weighted by molar-refractivity contribution is 0.0793. The molecule has 4 aromatic rings. The quantitative estimate of drug-likeness (QED) is 0.398. The van der Waals surface area contributed by atoms with Crippen LogP contribution in [0.2, 0.25) is 0 Å². The minimum atomic E-state index is -0.190. The second kappa shape index (κ2) is 9.30. The van der Waals surface area contributed by atoms with Gasteiger partial charge >= 0.3 is 0 Å². The van der Waals surface area contributed by atoms with Gasteiger partial charge in [-0.3, -0.25) is 14.3 Å². The van der Waals surface area contributed by atoms with Gasteiger partial charge in [-0.1, -0.05) is 42.1 Å². The van der Waals surface area contributed by atoms with Crippen molar-refractivity contribution in [3.8, 4) is 11.4 Å². The molecule has 2 aromatic carbocycles. The molecule has 174 valence electrons. The highest BCUT2D eigenvalue weighted by Gasteiger charge is 2.22. The Bertz CT molecular complexity index is 1370. The van der Waals surface area contributed by atoms with Crippen molar-refractivity contribution in [2.75, 3.05) is 13.1 Å². The number of benzene rings is 2. The third-order valence-corrected chi connectivity index (χ3v) is 7.13. The summed E-state index contributed by atoms with van der Waals surface area (Å²) in [5, 5.41) is 12.6. The van der Waals surface area contributed by atoms with Crippen LogP contribution in [0.4, 0.5) is 0 Å². The van der Waals surface area contributed by atoms with Gasteiger partial charge in [0.2, 0.25) is 5.16 Å². The maximum atomic E-state index is 13.3. The summed E-state index contributed by atoms with van der Waals surface area (Å²) in [6.45, 7) is 3.55. The van der Waals surface area contributed by atoms with E-state index in [0.29, 0.717) is 22.2 Å². The predicted octanol–water partition coefficient (Wildman–Crippen LogP) is 2.99. The van der Waals surface area contributed by atoms with E-state index in [1.807, 2.05) is 73.5 Å². The van der Waals surface area contributed by atoms with Gasteiger partial charge in [-0.2, -0.15) is 4.68 Å². The molecule has 1 saturated heterocycles. The number of carbonyl (C=O) groups excluding carboxylic acids is 1. The molecule has 1 aliphatic heterocycles. The molecule has 9 nitrogen and oxygen atoms in total. The average molecular weight is 476 g/mol. The number of nitrogens with zero attached hydrogens (tertiary/aromatic N) is 7. The van der Waals surface area contributed by atoms with Gasteiger partial charge in [0.1, 0.15) is 0 Å². The SMILES string of the molecule is Cc1c(-n2nnnc2SCc2ccc(C(=O)N3CCCC3)cc2)c(=O)n(-c2ccccc2)n1C. The van der Waals surface area contributed by atoms with Crippen LogP contribution in [-0.2, 0) is 12.8 Å². The van der Waals surface area contributed by atoms with Gasteiger partial charge in [0.05, 0.1) is 11.4 Å². The molecular formula is C24H25N7O2S. The largest absolute Gasteiger partial charge is 0.339 e. The van der Waals surface area contributed by atoms with E-state index < -0.39 is 0 Å². The molecule has 0 unspecified atom stereocenters. The highest BCUT2D eigenvalue weighted by atomic mass is 32.2. The number of para-hydroxylation sites is 1. The van der Waals surface area contributed by atoms with Crippen LogP contribution < -0.4 is 5.56 Å². The summed E-state index contributed by atoms with van der Waals surface area (Å²) in [7, 11) is 1.84. The molecule has 0 radical (unpaired) electrons. The Labute approximate surface area is 201 Å². The van der Waals surface area contributed by atoms with E-state index >= 15 is 0 Å². The number of hydrogen-bond acceptors (Lipinski definition) is 6. The normalized spacial score (nSPS) is 13.5. The third kappa shape index (κ3) is 4.05. The van der Waals surface area contributed by atoms with Gasteiger partial charge < -0.3 is 4.90 Å². The second-order valence-corrected chi connectivity index (χ2v) is 9.21. The van der Waals surface area contributed by atoms with Crippen LogP contribution in [0.1, 0.15) is 34.5 Å². The van der Waals surface area contributed by atoms with Crippen molar-refractivity contribution in [1.29, 1.82) is 0 Å². The molecule has 0 saturated carbocycles. The van der Waals surface area contributed by atoms with Gasteiger partial charge in [0.15, 0.2) is 5.69 Å². The van der Waals surface area contributed by atoms with Crippen LogP contribution in [0.5, 0.6) is 0 Å². The molecule has 1 amide bonds. The van der Waals surface area contributed by atoms with Crippen molar-refractivity contribution in [3.63, 3.8) is 0 Å². The van der Waals surface area contributed by atoms with E-state index in [1.165, 1.54) is 16.4 Å². The fourth-order valence-electron chi connectivity index (χ4n) is 4.20. The minimum Gasteiger partial charge on any atom is -0.339 e. The smallest absolute Gasteiger partial charge is 0.297 e. The molecule has 0 aliphatic carbocycles. The van der Waals surface area contributed by atoms with E-state index in [4.69, 9.17) is 0 Å². The van der Waals surface area contributed by atoms with Crippen LogP contribution >= 0.6 is 11.8 Å². The Morgan fingerprint density at radius 3 is 2.44 bits per heavy atom. The van der Waals surface area contributed by atoms with E-state index in [1.54, 1.807) is 9.36 Å². The summed E-state index contributed by atoms with van der Waals surface area (Å²) < 4.78 is 4.92. The minimum absolute atomic E-state index is 0.0925. The monoisotopic (exact) mass is 475 g/mol. The summed E-state index contributed by atoms with van der Waals surface area (Å²) >= 11 is 1.44. The second-order valence-electron chi connectivity index (χ2n) is 8.27.